The van der Waals surface area contributed by atoms with Gasteiger partial charge >= 0.3 is 0 Å². The molecule has 3 rings (SSSR count). The molecule has 0 radical (unpaired) electrons. The first-order valence-corrected chi connectivity index (χ1v) is 8.42. The molecule has 0 aliphatic heterocycles. The van der Waals surface area contributed by atoms with Gasteiger partial charge in [-0.2, -0.15) is 0 Å². The Morgan fingerprint density at radius 1 is 1.07 bits per heavy atom. The number of phenols is 1. The van der Waals surface area contributed by atoms with Gasteiger partial charge in [-0.1, -0.05) is 30.3 Å². The molecule has 0 saturated heterocycles. The van der Waals surface area contributed by atoms with Crippen LogP contribution in [0.25, 0.3) is 23.1 Å². The van der Waals surface area contributed by atoms with E-state index in [4.69, 9.17) is 4.74 Å². The topological polar surface area (TPSA) is 79.4 Å². The minimum absolute atomic E-state index is 0.0265. The van der Waals surface area contributed by atoms with Gasteiger partial charge in [0.05, 0.1) is 13.5 Å². The number of hydrogen-bond acceptors (Lipinski definition) is 4. The normalized spacial score (nSPS) is 11.4. The Balaban J connectivity index is 1.61. The molecule has 0 spiro atoms. The molecular formula is C22H19NO4. The molecule has 0 amide bonds. The van der Waals surface area contributed by atoms with E-state index in [1.165, 1.54) is 25.3 Å². The van der Waals surface area contributed by atoms with Crippen molar-refractivity contribution in [1.29, 1.82) is 0 Å². The molecular weight excluding hydrogens is 342 g/mol. The van der Waals surface area contributed by atoms with Crippen LogP contribution >= 0.6 is 0 Å². The quantitative estimate of drug-likeness (QED) is 0.490. The van der Waals surface area contributed by atoms with Gasteiger partial charge in [-0.15, -0.1) is 0 Å². The van der Waals surface area contributed by atoms with E-state index in [0.29, 0.717) is 11.3 Å². The maximum Gasteiger partial charge on any atom is 0.163 e. The third-order valence-electron chi connectivity index (χ3n) is 4.08. The van der Waals surface area contributed by atoms with Crippen LogP contribution in [0.5, 0.6) is 11.5 Å². The van der Waals surface area contributed by atoms with Crippen molar-refractivity contribution in [3.63, 3.8) is 0 Å². The van der Waals surface area contributed by atoms with Gasteiger partial charge in [0.1, 0.15) is 0 Å². The highest BCUT2D eigenvalue weighted by atomic mass is 16.5. The number of aromatic hydroxyl groups is 1. The molecule has 0 aliphatic carbocycles. The number of ether oxygens (including phenoxy) is 1. The van der Waals surface area contributed by atoms with Crippen LogP contribution in [0.15, 0.2) is 60.8 Å². The second kappa shape index (κ2) is 8.19. The number of carbonyl (C=O) groups excluding carboxylic acids is 2. The first kappa shape index (κ1) is 18.2. The molecule has 1 heterocycles. The number of H-pyrrole nitrogens is 1. The number of allylic oxidation sites excluding steroid dienone is 2. The Morgan fingerprint density at radius 2 is 1.81 bits per heavy atom. The monoisotopic (exact) mass is 361 g/mol. The highest BCUT2D eigenvalue weighted by molar-refractivity contribution is 6.11. The van der Waals surface area contributed by atoms with E-state index in [1.807, 2.05) is 30.5 Å². The zero-order chi connectivity index (χ0) is 19.2. The molecule has 0 saturated carbocycles. The number of fused-ring (bicyclic) bond motifs is 1. The first-order chi connectivity index (χ1) is 13.1. The van der Waals surface area contributed by atoms with Crippen molar-refractivity contribution >= 4 is 34.6 Å². The molecule has 0 bridgehead atoms. The summed E-state index contributed by atoms with van der Waals surface area (Å²) in [6, 6.07) is 12.5. The lowest BCUT2D eigenvalue weighted by Gasteiger charge is -2.03. The van der Waals surface area contributed by atoms with Crippen molar-refractivity contribution in [1.82, 2.24) is 4.98 Å². The largest absolute Gasteiger partial charge is 0.504 e. The summed E-state index contributed by atoms with van der Waals surface area (Å²) in [5.74, 6) is -0.213. The molecule has 27 heavy (non-hydrogen) atoms. The Bertz CT molecular complexity index is 1040. The van der Waals surface area contributed by atoms with E-state index < -0.39 is 0 Å². The smallest absolute Gasteiger partial charge is 0.163 e. The standard InChI is InChI=1S/C22H19NO4/c1-27-22-12-15(7-11-21(22)26)6-9-17(24)13-18(25)10-8-16-14-23-20-5-3-2-4-19(16)20/h2-12,14,23,26H,13H2,1H3/b9-6+,10-8+. The SMILES string of the molecule is COc1cc(/C=C/C(=O)CC(=O)/C=C/c2c[nH]c3ccccc23)ccc1O. The second-order valence-corrected chi connectivity index (χ2v) is 6.00. The lowest BCUT2D eigenvalue weighted by Crippen LogP contribution is -2.01. The van der Waals surface area contributed by atoms with Crippen molar-refractivity contribution in [3.05, 3.63) is 71.9 Å². The predicted octanol–water partition coefficient (Wildman–Crippen LogP) is 4.14. The molecule has 0 fully saturated rings. The zero-order valence-electron chi connectivity index (χ0n) is 14.8. The van der Waals surface area contributed by atoms with Gasteiger partial charge in [-0.25, -0.2) is 0 Å². The summed E-state index contributed by atoms with van der Waals surface area (Å²) in [5, 5.41) is 10.6. The van der Waals surface area contributed by atoms with Gasteiger partial charge in [-0.3, -0.25) is 9.59 Å². The Hall–Kier alpha value is -3.60. The number of methoxy groups -OCH3 is 1. The van der Waals surface area contributed by atoms with Gasteiger partial charge in [0, 0.05) is 17.1 Å². The van der Waals surface area contributed by atoms with Crippen LogP contribution in [-0.4, -0.2) is 28.8 Å². The van der Waals surface area contributed by atoms with Gasteiger partial charge in [0.15, 0.2) is 23.1 Å². The van der Waals surface area contributed by atoms with Crippen LogP contribution in [0, 0.1) is 0 Å². The van der Waals surface area contributed by atoms with Gasteiger partial charge < -0.3 is 14.8 Å². The summed E-state index contributed by atoms with van der Waals surface area (Å²) in [6.45, 7) is 0. The summed E-state index contributed by atoms with van der Waals surface area (Å²) in [6.07, 6.45) is 7.69. The summed E-state index contributed by atoms with van der Waals surface area (Å²) < 4.78 is 5.02. The van der Waals surface area contributed by atoms with Crippen LogP contribution < -0.4 is 4.74 Å². The van der Waals surface area contributed by atoms with Gasteiger partial charge in [-0.05, 0) is 47.6 Å². The Morgan fingerprint density at radius 3 is 2.59 bits per heavy atom. The van der Waals surface area contributed by atoms with Crippen molar-refractivity contribution in [2.75, 3.05) is 7.11 Å². The van der Waals surface area contributed by atoms with E-state index in [2.05, 4.69) is 4.98 Å². The third kappa shape index (κ3) is 4.52. The highest BCUT2D eigenvalue weighted by Crippen LogP contribution is 2.26. The Kier molecular flexibility index (Phi) is 5.52. The van der Waals surface area contributed by atoms with Crippen molar-refractivity contribution in [2.24, 2.45) is 0 Å². The van der Waals surface area contributed by atoms with E-state index in [9.17, 15) is 14.7 Å². The number of aromatic amines is 1. The molecule has 5 heteroatoms. The minimum Gasteiger partial charge on any atom is -0.504 e. The van der Waals surface area contributed by atoms with Crippen LogP contribution in [0.1, 0.15) is 17.5 Å². The number of para-hydroxylation sites is 1. The number of nitrogens with one attached hydrogen (secondary N) is 1. The lowest BCUT2D eigenvalue weighted by molar-refractivity contribution is -0.121. The van der Waals surface area contributed by atoms with E-state index >= 15 is 0 Å². The van der Waals surface area contributed by atoms with E-state index in [0.717, 1.165) is 16.5 Å². The highest BCUT2D eigenvalue weighted by Gasteiger charge is 2.06. The van der Waals surface area contributed by atoms with Crippen molar-refractivity contribution in [2.45, 2.75) is 6.42 Å². The van der Waals surface area contributed by atoms with E-state index in [-0.39, 0.29) is 23.7 Å². The number of benzene rings is 2. The van der Waals surface area contributed by atoms with Crippen LogP contribution in [0.2, 0.25) is 0 Å². The maximum atomic E-state index is 12.0. The number of phenolic OH excluding ortho intramolecular Hbond substituents is 1. The average Bonchev–Trinajstić information content (AvgIpc) is 3.09. The van der Waals surface area contributed by atoms with Crippen LogP contribution in [0.3, 0.4) is 0 Å². The molecule has 1 aromatic heterocycles. The average molecular weight is 361 g/mol. The summed E-state index contributed by atoms with van der Waals surface area (Å²) in [5.41, 5.74) is 2.59. The number of rotatable bonds is 7. The number of hydrogen-bond donors (Lipinski definition) is 2. The minimum atomic E-state index is -0.296. The fraction of sp³-hybridized carbons (Fsp3) is 0.0909. The fourth-order valence-corrected chi connectivity index (χ4v) is 2.69. The summed E-state index contributed by atoms with van der Waals surface area (Å²) in [7, 11) is 1.45. The molecule has 0 aliphatic rings. The maximum absolute atomic E-state index is 12.0. The third-order valence-corrected chi connectivity index (χ3v) is 4.08. The van der Waals surface area contributed by atoms with Crippen molar-refractivity contribution < 1.29 is 19.4 Å². The summed E-state index contributed by atoms with van der Waals surface area (Å²) >= 11 is 0. The molecule has 0 atom stereocenters. The molecule has 3 aromatic rings. The first-order valence-electron chi connectivity index (χ1n) is 8.42. The molecule has 136 valence electrons. The molecule has 5 nitrogen and oxygen atoms in total. The fourth-order valence-electron chi connectivity index (χ4n) is 2.69. The zero-order valence-corrected chi connectivity index (χ0v) is 14.8. The Labute approximate surface area is 156 Å². The van der Waals surface area contributed by atoms with Crippen LogP contribution in [-0.2, 0) is 9.59 Å². The number of carbonyl (C=O) groups is 2. The van der Waals surface area contributed by atoms with Crippen molar-refractivity contribution in [3.8, 4) is 11.5 Å². The summed E-state index contributed by atoms with van der Waals surface area (Å²) in [4.78, 5) is 27.2. The van der Waals surface area contributed by atoms with Gasteiger partial charge in [0.25, 0.3) is 0 Å². The van der Waals surface area contributed by atoms with Gasteiger partial charge in [0.2, 0.25) is 0 Å². The second-order valence-electron chi connectivity index (χ2n) is 6.00. The lowest BCUT2D eigenvalue weighted by atomic mass is 10.1. The van der Waals surface area contributed by atoms with E-state index in [1.54, 1.807) is 24.3 Å². The molecule has 0 unspecified atom stereocenters. The predicted molar refractivity (Wildman–Crippen MR) is 106 cm³/mol. The number of aromatic nitrogens is 1. The molecule has 2 N–H and O–H groups in total. The van der Waals surface area contributed by atoms with Crippen LogP contribution in [0.4, 0.5) is 0 Å². The molecule has 2 aromatic carbocycles. The number of ketones is 2.